The summed E-state index contributed by atoms with van der Waals surface area (Å²) in [6.45, 7) is 6.31. The molecule has 2 N–H and O–H groups in total. The maximum atomic E-state index is 11.7. The Hall–Kier alpha value is -1.56. The quantitative estimate of drug-likeness (QED) is 0.808. The first-order valence-electron chi connectivity index (χ1n) is 5.80. The van der Waals surface area contributed by atoms with E-state index in [4.69, 9.17) is 4.74 Å². The molecule has 0 spiro atoms. The molecule has 0 aliphatic rings. The van der Waals surface area contributed by atoms with Gasteiger partial charge in [0.25, 0.3) is 5.56 Å². The molecule has 0 aliphatic heterocycles. The molecule has 0 radical (unpaired) electrons. The number of aromatic hydroxyl groups is 1. The Kier molecular flexibility index (Phi) is 4.34. The lowest BCUT2D eigenvalue weighted by Gasteiger charge is -2.25. The van der Waals surface area contributed by atoms with Crippen LogP contribution in [0, 0.1) is 12.3 Å². The summed E-state index contributed by atoms with van der Waals surface area (Å²) in [5.41, 5.74) is -1.21. The van der Waals surface area contributed by atoms with Crippen molar-refractivity contribution in [3.63, 3.8) is 0 Å². The fraction of sp³-hybridized carbons (Fsp3) is 0.667. The van der Waals surface area contributed by atoms with Gasteiger partial charge in [0.2, 0.25) is 5.88 Å². The summed E-state index contributed by atoms with van der Waals surface area (Å²) >= 11 is 0. The number of ether oxygens (including phenoxy) is 1. The van der Waals surface area contributed by atoms with Gasteiger partial charge >= 0.3 is 5.69 Å². The summed E-state index contributed by atoms with van der Waals surface area (Å²) in [6.07, 6.45) is 0.744. The lowest BCUT2D eigenvalue weighted by Crippen LogP contribution is -2.35. The fourth-order valence-corrected chi connectivity index (χ4v) is 1.69. The largest absolute Gasteiger partial charge is 0.494 e. The monoisotopic (exact) mass is 256 g/mol. The molecule has 1 rings (SSSR count). The maximum Gasteiger partial charge on any atom is 0.331 e. The van der Waals surface area contributed by atoms with E-state index in [2.05, 4.69) is 4.98 Å². The first-order chi connectivity index (χ1) is 8.28. The van der Waals surface area contributed by atoms with E-state index in [1.54, 1.807) is 7.11 Å². The molecule has 6 nitrogen and oxygen atoms in total. The molecule has 0 saturated carbocycles. The van der Waals surface area contributed by atoms with Crippen molar-refractivity contribution in [3.05, 3.63) is 26.4 Å². The minimum Gasteiger partial charge on any atom is -0.494 e. The Morgan fingerprint density at radius 1 is 1.39 bits per heavy atom. The molecule has 0 unspecified atom stereocenters. The summed E-state index contributed by atoms with van der Waals surface area (Å²) in [7, 11) is 1.61. The Morgan fingerprint density at radius 2 is 2.00 bits per heavy atom. The number of H-pyrrole nitrogens is 1. The SMILES string of the molecule is COCCC(C)(C)Cn1c(O)c(C)c(=O)[nH]c1=O. The van der Waals surface area contributed by atoms with Crippen molar-refractivity contribution in [1.82, 2.24) is 9.55 Å². The van der Waals surface area contributed by atoms with E-state index >= 15 is 0 Å². The van der Waals surface area contributed by atoms with E-state index in [1.165, 1.54) is 11.5 Å². The third-order valence-corrected chi connectivity index (χ3v) is 2.97. The molecule has 0 bridgehead atoms. The molecule has 0 aliphatic carbocycles. The summed E-state index contributed by atoms with van der Waals surface area (Å²) in [6, 6.07) is 0. The van der Waals surface area contributed by atoms with Crippen LogP contribution in [0.25, 0.3) is 0 Å². The number of aromatic amines is 1. The number of hydrogen-bond donors (Lipinski definition) is 2. The van der Waals surface area contributed by atoms with Crippen LogP contribution in [-0.4, -0.2) is 28.4 Å². The topological polar surface area (TPSA) is 84.3 Å². The van der Waals surface area contributed by atoms with Crippen molar-refractivity contribution in [2.75, 3.05) is 13.7 Å². The third kappa shape index (κ3) is 3.22. The first-order valence-corrected chi connectivity index (χ1v) is 5.80. The predicted octanol–water partition coefficient (Wildman–Crippen LogP) is 0.613. The number of methoxy groups -OCH3 is 1. The van der Waals surface area contributed by atoms with Gasteiger partial charge in [0.05, 0.1) is 5.56 Å². The van der Waals surface area contributed by atoms with E-state index in [9.17, 15) is 14.7 Å². The van der Waals surface area contributed by atoms with Crippen molar-refractivity contribution < 1.29 is 9.84 Å². The van der Waals surface area contributed by atoms with Gasteiger partial charge in [-0.3, -0.25) is 14.3 Å². The van der Waals surface area contributed by atoms with Crippen molar-refractivity contribution in [3.8, 4) is 5.88 Å². The van der Waals surface area contributed by atoms with E-state index in [-0.39, 0.29) is 16.9 Å². The summed E-state index contributed by atoms with van der Waals surface area (Å²) in [5.74, 6) is -0.269. The van der Waals surface area contributed by atoms with Gasteiger partial charge in [0, 0.05) is 20.3 Å². The van der Waals surface area contributed by atoms with Crippen molar-refractivity contribution in [2.24, 2.45) is 5.41 Å². The van der Waals surface area contributed by atoms with E-state index in [0.29, 0.717) is 13.2 Å². The Balaban J connectivity index is 3.09. The van der Waals surface area contributed by atoms with Crippen molar-refractivity contribution in [1.29, 1.82) is 0 Å². The van der Waals surface area contributed by atoms with E-state index in [1.807, 2.05) is 13.8 Å². The molecule has 1 aromatic rings. The molecule has 18 heavy (non-hydrogen) atoms. The average Bonchev–Trinajstić information content (AvgIpc) is 2.29. The van der Waals surface area contributed by atoms with Crippen LogP contribution in [-0.2, 0) is 11.3 Å². The van der Waals surface area contributed by atoms with Crippen LogP contribution in [0.15, 0.2) is 9.59 Å². The second kappa shape index (κ2) is 5.39. The van der Waals surface area contributed by atoms with Gasteiger partial charge < -0.3 is 9.84 Å². The molecule has 0 aromatic carbocycles. The number of hydrogen-bond acceptors (Lipinski definition) is 4. The lowest BCUT2D eigenvalue weighted by molar-refractivity contribution is 0.139. The van der Waals surface area contributed by atoms with Crippen LogP contribution < -0.4 is 11.2 Å². The van der Waals surface area contributed by atoms with Gasteiger partial charge in [-0.1, -0.05) is 13.8 Å². The molecule has 0 fully saturated rings. The summed E-state index contributed by atoms with van der Waals surface area (Å²) in [5, 5.41) is 9.86. The Morgan fingerprint density at radius 3 is 2.56 bits per heavy atom. The number of nitrogens with one attached hydrogen (secondary N) is 1. The number of aromatic nitrogens is 2. The van der Waals surface area contributed by atoms with Crippen LogP contribution in [0.5, 0.6) is 5.88 Å². The second-order valence-electron chi connectivity index (χ2n) is 5.20. The molecule has 0 amide bonds. The van der Waals surface area contributed by atoms with Crippen molar-refractivity contribution >= 4 is 0 Å². The van der Waals surface area contributed by atoms with Crippen LogP contribution in [0.4, 0.5) is 0 Å². The zero-order chi connectivity index (χ0) is 13.9. The van der Waals surface area contributed by atoms with Crippen LogP contribution >= 0.6 is 0 Å². The summed E-state index contributed by atoms with van der Waals surface area (Å²) in [4.78, 5) is 25.2. The zero-order valence-corrected chi connectivity index (χ0v) is 11.2. The first kappa shape index (κ1) is 14.5. The summed E-state index contributed by atoms with van der Waals surface area (Å²) < 4.78 is 6.20. The maximum absolute atomic E-state index is 11.7. The Bertz CT molecular complexity index is 528. The van der Waals surface area contributed by atoms with E-state index < -0.39 is 11.2 Å². The molecular formula is C12H20N2O4. The molecule has 0 atom stereocenters. The second-order valence-corrected chi connectivity index (χ2v) is 5.20. The normalized spacial score (nSPS) is 11.8. The molecular weight excluding hydrogens is 236 g/mol. The highest BCUT2D eigenvalue weighted by atomic mass is 16.5. The highest BCUT2D eigenvalue weighted by molar-refractivity contribution is 5.20. The zero-order valence-electron chi connectivity index (χ0n) is 11.2. The average molecular weight is 256 g/mol. The van der Waals surface area contributed by atoms with Crippen molar-refractivity contribution in [2.45, 2.75) is 33.7 Å². The lowest BCUT2D eigenvalue weighted by atomic mass is 9.89. The Labute approximate surface area is 105 Å². The van der Waals surface area contributed by atoms with Gasteiger partial charge in [0.15, 0.2) is 0 Å². The molecule has 0 saturated heterocycles. The van der Waals surface area contributed by atoms with Gasteiger partial charge in [0.1, 0.15) is 0 Å². The predicted molar refractivity (Wildman–Crippen MR) is 68.0 cm³/mol. The van der Waals surface area contributed by atoms with E-state index in [0.717, 1.165) is 6.42 Å². The van der Waals surface area contributed by atoms with Gasteiger partial charge in [-0.2, -0.15) is 0 Å². The standard InChI is InChI=1S/C12H20N2O4/c1-8-9(15)13-11(17)14(10(8)16)7-12(2,3)5-6-18-4/h16H,5-7H2,1-4H3,(H,13,15,17). The van der Waals surface area contributed by atoms with Crippen LogP contribution in [0.1, 0.15) is 25.8 Å². The number of nitrogens with zero attached hydrogens (tertiary/aromatic N) is 1. The molecule has 102 valence electrons. The highest BCUT2D eigenvalue weighted by Crippen LogP contribution is 2.24. The minimum absolute atomic E-state index is 0.150. The fourth-order valence-electron chi connectivity index (χ4n) is 1.69. The number of rotatable bonds is 5. The van der Waals surface area contributed by atoms with Crippen LogP contribution in [0.2, 0.25) is 0 Å². The third-order valence-electron chi connectivity index (χ3n) is 2.97. The van der Waals surface area contributed by atoms with Gasteiger partial charge in [-0.15, -0.1) is 0 Å². The molecule has 1 heterocycles. The van der Waals surface area contributed by atoms with Gasteiger partial charge in [-0.25, -0.2) is 4.79 Å². The molecule has 6 heteroatoms. The minimum atomic E-state index is -0.589. The van der Waals surface area contributed by atoms with Crippen LogP contribution in [0.3, 0.4) is 0 Å². The molecule has 1 aromatic heterocycles. The highest BCUT2D eigenvalue weighted by Gasteiger charge is 2.22. The smallest absolute Gasteiger partial charge is 0.331 e. The van der Waals surface area contributed by atoms with Gasteiger partial charge in [-0.05, 0) is 18.8 Å².